The minimum Gasteiger partial charge on any atom is -0.274 e. The first-order chi connectivity index (χ1) is 8.56. The molecule has 2 fully saturated rings. The van der Waals surface area contributed by atoms with Crippen LogP contribution in [-0.2, 0) is 14.0 Å². The van der Waals surface area contributed by atoms with E-state index in [1.165, 1.54) is 0 Å². The molecule has 19 heavy (non-hydrogen) atoms. The summed E-state index contributed by atoms with van der Waals surface area (Å²) in [6.45, 7) is 6.66. The van der Waals surface area contributed by atoms with Crippen LogP contribution >= 0.6 is 10.7 Å². The van der Waals surface area contributed by atoms with E-state index >= 15 is 0 Å². The monoisotopic (exact) mass is 307 g/mol. The van der Waals surface area contributed by atoms with Crippen molar-refractivity contribution < 1.29 is 13.2 Å². The Hall–Kier alpha value is -0.290. The van der Waals surface area contributed by atoms with E-state index in [9.17, 15) is 13.2 Å². The van der Waals surface area contributed by atoms with Crippen LogP contribution in [0.25, 0.3) is 0 Å². The summed E-state index contributed by atoms with van der Waals surface area (Å²) in [5, 5.41) is 0. The first-order valence-electron chi connectivity index (χ1n) is 6.84. The predicted molar refractivity (Wildman–Crippen MR) is 75.0 cm³/mol. The highest BCUT2D eigenvalue weighted by molar-refractivity contribution is 8.12. The molecule has 1 saturated heterocycles. The third-order valence-corrected chi connectivity index (χ3v) is 6.17. The van der Waals surface area contributed by atoms with E-state index in [0.717, 1.165) is 36.4 Å². The Morgan fingerprint density at radius 3 is 2.37 bits per heavy atom. The summed E-state index contributed by atoms with van der Waals surface area (Å²) in [5.74, 6) is 0.215. The Kier molecular flexibility index (Phi) is 3.67. The molecule has 0 aromatic rings. The van der Waals surface area contributed by atoms with Gasteiger partial charge in [-0.3, -0.25) is 4.79 Å². The molecule has 1 aliphatic heterocycles. The first-order valence-corrected chi connectivity index (χ1v) is 9.11. The summed E-state index contributed by atoms with van der Waals surface area (Å²) in [6, 6.07) is 0. The van der Waals surface area contributed by atoms with Crippen LogP contribution in [0.2, 0.25) is 0 Å². The van der Waals surface area contributed by atoms with Gasteiger partial charge in [-0.25, -0.2) is 4.31 Å². The summed E-state index contributed by atoms with van der Waals surface area (Å²) in [4.78, 5) is 11.6. The second-order valence-electron chi connectivity index (χ2n) is 7.00. The van der Waals surface area contributed by atoms with Gasteiger partial charge in [0.15, 0.2) is 0 Å². The SMILES string of the molecule is CC(C)(C)C1CCCC2(CC1)CC(=O)N2S(=O)(=O)Cl. The van der Waals surface area contributed by atoms with E-state index in [4.69, 9.17) is 10.7 Å². The summed E-state index contributed by atoms with van der Waals surface area (Å²) in [6.07, 6.45) is 4.83. The molecule has 0 aromatic carbocycles. The van der Waals surface area contributed by atoms with Gasteiger partial charge in [0.25, 0.3) is 0 Å². The normalized spacial score (nSPS) is 33.2. The number of nitrogens with zero attached hydrogens (tertiary/aromatic N) is 1. The summed E-state index contributed by atoms with van der Waals surface area (Å²) < 4.78 is 24.1. The lowest BCUT2D eigenvalue weighted by atomic mass is 9.75. The topological polar surface area (TPSA) is 54.5 Å². The molecule has 1 spiro atoms. The number of carbonyl (C=O) groups excluding carboxylic acids is 1. The van der Waals surface area contributed by atoms with Gasteiger partial charge in [-0.15, -0.1) is 0 Å². The number of hydrogen-bond donors (Lipinski definition) is 0. The lowest BCUT2D eigenvalue weighted by Gasteiger charge is -2.49. The number of halogens is 1. The fraction of sp³-hybridized carbons (Fsp3) is 0.923. The van der Waals surface area contributed by atoms with Crippen LogP contribution in [0.5, 0.6) is 0 Å². The Labute approximate surface area is 120 Å². The third kappa shape index (κ3) is 2.77. The maximum absolute atomic E-state index is 11.6. The fourth-order valence-corrected chi connectivity index (χ4v) is 5.27. The average Bonchev–Trinajstić information content (AvgIpc) is 2.37. The Morgan fingerprint density at radius 1 is 1.26 bits per heavy atom. The fourth-order valence-electron chi connectivity index (χ4n) is 3.59. The molecule has 0 bridgehead atoms. The molecular weight excluding hydrogens is 286 g/mol. The van der Waals surface area contributed by atoms with Gasteiger partial charge in [0.2, 0.25) is 5.91 Å². The Morgan fingerprint density at radius 2 is 1.89 bits per heavy atom. The van der Waals surface area contributed by atoms with Gasteiger partial charge in [0.05, 0.1) is 12.0 Å². The zero-order chi connectivity index (χ0) is 14.5. The number of amides is 1. The average molecular weight is 308 g/mol. The van der Waals surface area contributed by atoms with Crippen LogP contribution < -0.4 is 0 Å². The minimum atomic E-state index is -3.94. The van der Waals surface area contributed by atoms with Gasteiger partial charge in [-0.05, 0) is 37.0 Å². The van der Waals surface area contributed by atoms with Crippen molar-refractivity contribution in [3.8, 4) is 0 Å². The molecule has 2 aliphatic rings. The van der Waals surface area contributed by atoms with Gasteiger partial charge in [-0.2, -0.15) is 8.42 Å². The van der Waals surface area contributed by atoms with Crippen LogP contribution in [0.15, 0.2) is 0 Å². The number of hydrogen-bond acceptors (Lipinski definition) is 3. The van der Waals surface area contributed by atoms with E-state index in [1.807, 2.05) is 0 Å². The quantitative estimate of drug-likeness (QED) is 0.552. The third-order valence-electron chi connectivity index (χ3n) is 4.73. The molecule has 0 radical (unpaired) electrons. The van der Waals surface area contributed by atoms with Crippen LogP contribution in [-0.4, -0.2) is 24.2 Å². The van der Waals surface area contributed by atoms with Crippen LogP contribution in [0.1, 0.15) is 59.3 Å². The number of rotatable bonds is 1. The van der Waals surface area contributed by atoms with Crippen LogP contribution in [0, 0.1) is 11.3 Å². The number of β-lactam (4-membered cyclic amide) rings is 1. The molecule has 0 N–H and O–H groups in total. The molecule has 2 unspecified atom stereocenters. The van der Waals surface area contributed by atoms with Crippen molar-refractivity contribution in [3.63, 3.8) is 0 Å². The molecule has 1 heterocycles. The molecule has 2 atom stereocenters. The lowest BCUT2D eigenvalue weighted by molar-refractivity contribution is -0.146. The smallest absolute Gasteiger partial charge is 0.274 e. The van der Waals surface area contributed by atoms with Gasteiger partial charge >= 0.3 is 9.24 Å². The van der Waals surface area contributed by atoms with Crippen molar-refractivity contribution in [3.05, 3.63) is 0 Å². The molecule has 1 saturated carbocycles. The van der Waals surface area contributed by atoms with Crippen molar-refractivity contribution in [1.82, 2.24) is 4.31 Å². The van der Waals surface area contributed by atoms with E-state index < -0.39 is 14.8 Å². The van der Waals surface area contributed by atoms with Crippen molar-refractivity contribution in [1.29, 1.82) is 0 Å². The summed E-state index contributed by atoms with van der Waals surface area (Å²) in [5.41, 5.74) is -0.304. The second kappa shape index (κ2) is 4.62. The zero-order valence-corrected chi connectivity index (χ0v) is 13.4. The molecule has 1 aliphatic carbocycles. The molecule has 2 rings (SSSR count). The largest absolute Gasteiger partial charge is 0.324 e. The maximum atomic E-state index is 11.6. The van der Waals surface area contributed by atoms with Crippen LogP contribution in [0.3, 0.4) is 0 Å². The van der Waals surface area contributed by atoms with Gasteiger partial charge in [0.1, 0.15) is 0 Å². The van der Waals surface area contributed by atoms with Gasteiger partial charge in [0, 0.05) is 10.7 Å². The molecule has 6 heteroatoms. The standard InChI is InChI=1S/C13H22ClNO3S/c1-12(2,3)10-5-4-7-13(8-6-10)9-11(16)15(13)19(14,17)18/h10H,4-9H2,1-3H3. The highest BCUT2D eigenvalue weighted by Crippen LogP contribution is 2.49. The molecule has 1 amide bonds. The maximum Gasteiger partial charge on any atom is 0.324 e. The zero-order valence-electron chi connectivity index (χ0n) is 11.8. The Bertz CT molecular complexity index is 483. The van der Waals surface area contributed by atoms with Gasteiger partial charge < -0.3 is 0 Å². The highest BCUT2D eigenvalue weighted by atomic mass is 35.7. The molecular formula is C13H22ClNO3S. The Balaban J connectivity index is 2.17. The predicted octanol–water partition coefficient (Wildman–Crippen LogP) is 3.07. The van der Waals surface area contributed by atoms with Crippen molar-refractivity contribution in [2.45, 2.75) is 64.8 Å². The highest BCUT2D eigenvalue weighted by Gasteiger charge is 2.56. The van der Waals surface area contributed by atoms with E-state index in [2.05, 4.69) is 20.8 Å². The summed E-state index contributed by atoms with van der Waals surface area (Å²) in [7, 11) is 1.47. The van der Waals surface area contributed by atoms with Crippen molar-refractivity contribution in [2.24, 2.45) is 11.3 Å². The van der Waals surface area contributed by atoms with E-state index in [1.54, 1.807) is 0 Å². The first kappa shape index (κ1) is 15.1. The molecule has 4 nitrogen and oxygen atoms in total. The van der Waals surface area contributed by atoms with Crippen LogP contribution in [0.4, 0.5) is 0 Å². The van der Waals surface area contributed by atoms with E-state index in [0.29, 0.717) is 12.3 Å². The van der Waals surface area contributed by atoms with Gasteiger partial charge in [-0.1, -0.05) is 27.2 Å². The van der Waals surface area contributed by atoms with Crippen molar-refractivity contribution >= 4 is 25.8 Å². The summed E-state index contributed by atoms with van der Waals surface area (Å²) >= 11 is 0. The molecule has 0 aromatic heterocycles. The minimum absolute atomic E-state index is 0.226. The lowest BCUT2D eigenvalue weighted by Crippen LogP contribution is -2.64. The molecule has 110 valence electrons. The number of carbonyl (C=O) groups is 1. The van der Waals surface area contributed by atoms with E-state index in [-0.39, 0.29) is 11.3 Å². The second-order valence-corrected chi connectivity index (χ2v) is 9.35. The van der Waals surface area contributed by atoms with Crippen molar-refractivity contribution in [2.75, 3.05) is 0 Å².